The summed E-state index contributed by atoms with van der Waals surface area (Å²) >= 11 is 0. The fourth-order valence-corrected chi connectivity index (χ4v) is 1.52. The van der Waals surface area contributed by atoms with Crippen molar-refractivity contribution in [3.8, 4) is 0 Å². The maximum Gasteiger partial charge on any atom is 0.228 e. The van der Waals surface area contributed by atoms with E-state index in [4.69, 9.17) is 14.0 Å². The highest BCUT2D eigenvalue weighted by Gasteiger charge is 2.13. The monoisotopic (exact) mass is 243 g/mol. The number of aromatic nitrogens is 2. The lowest BCUT2D eigenvalue weighted by Crippen LogP contribution is -2.35. The Balaban J connectivity index is 2.45. The summed E-state index contributed by atoms with van der Waals surface area (Å²) in [5.41, 5.74) is 0. The SMILES string of the molecule is CCNC(COC)Cc1nc(COCC)no1. The Morgan fingerprint density at radius 2 is 2.24 bits per heavy atom. The summed E-state index contributed by atoms with van der Waals surface area (Å²) in [5.74, 6) is 1.21. The molecular formula is C11H21N3O3. The molecule has 1 aromatic rings. The molecule has 1 unspecified atom stereocenters. The van der Waals surface area contributed by atoms with E-state index in [1.54, 1.807) is 7.11 Å². The predicted molar refractivity (Wildman–Crippen MR) is 62.7 cm³/mol. The van der Waals surface area contributed by atoms with Crippen LogP contribution in [0.15, 0.2) is 4.52 Å². The summed E-state index contributed by atoms with van der Waals surface area (Å²) in [6.45, 7) is 6.53. The van der Waals surface area contributed by atoms with Crippen molar-refractivity contribution in [3.05, 3.63) is 11.7 Å². The van der Waals surface area contributed by atoms with Crippen LogP contribution in [-0.2, 0) is 22.5 Å². The molecule has 0 saturated carbocycles. The van der Waals surface area contributed by atoms with Gasteiger partial charge in [-0.25, -0.2) is 0 Å². The molecule has 1 atom stereocenters. The number of ether oxygens (including phenoxy) is 2. The molecule has 0 bridgehead atoms. The van der Waals surface area contributed by atoms with E-state index < -0.39 is 0 Å². The maximum atomic E-state index is 5.21. The average Bonchev–Trinajstić information content (AvgIpc) is 2.75. The number of rotatable bonds is 9. The number of nitrogens with one attached hydrogen (secondary N) is 1. The van der Waals surface area contributed by atoms with E-state index in [0.29, 0.717) is 38.0 Å². The normalized spacial score (nSPS) is 12.9. The van der Waals surface area contributed by atoms with Crippen molar-refractivity contribution in [1.29, 1.82) is 0 Å². The molecule has 0 aliphatic rings. The quantitative estimate of drug-likeness (QED) is 0.691. The molecule has 0 aliphatic carbocycles. The smallest absolute Gasteiger partial charge is 0.228 e. The van der Waals surface area contributed by atoms with Gasteiger partial charge in [0.15, 0.2) is 5.82 Å². The third-order valence-corrected chi connectivity index (χ3v) is 2.23. The fraction of sp³-hybridized carbons (Fsp3) is 0.818. The standard InChI is InChI=1S/C11H21N3O3/c1-4-12-9(7-15-3)6-11-13-10(14-17-11)8-16-5-2/h9,12H,4-8H2,1-3H3. The number of nitrogens with zero attached hydrogens (tertiary/aromatic N) is 2. The van der Waals surface area contributed by atoms with Crippen LogP contribution in [0.25, 0.3) is 0 Å². The minimum absolute atomic E-state index is 0.199. The Morgan fingerprint density at radius 1 is 1.41 bits per heavy atom. The van der Waals surface area contributed by atoms with Gasteiger partial charge in [0.25, 0.3) is 0 Å². The molecule has 6 heteroatoms. The Kier molecular flexibility index (Phi) is 6.76. The summed E-state index contributed by atoms with van der Waals surface area (Å²) in [6.07, 6.45) is 0.667. The zero-order chi connectivity index (χ0) is 12.5. The number of likely N-dealkylation sites (N-methyl/N-ethyl adjacent to an activating group) is 1. The van der Waals surface area contributed by atoms with Crippen LogP contribution in [0.3, 0.4) is 0 Å². The molecule has 1 heterocycles. The van der Waals surface area contributed by atoms with Gasteiger partial charge in [-0.05, 0) is 13.5 Å². The molecule has 0 fully saturated rings. The van der Waals surface area contributed by atoms with E-state index in [2.05, 4.69) is 22.4 Å². The number of hydrogen-bond donors (Lipinski definition) is 1. The Bertz CT molecular complexity index is 298. The molecule has 6 nitrogen and oxygen atoms in total. The van der Waals surface area contributed by atoms with Crippen LogP contribution < -0.4 is 5.32 Å². The van der Waals surface area contributed by atoms with Gasteiger partial charge in [-0.1, -0.05) is 12.1 Å². The highest BCUT2D eigenvalue weighted by Crippen LogP contribution is 2.03. The highest BCUT2D eigenvalue weighted by molar-refractivity contribution is 4.88. The second-order valence-electron chi connectivity index (χ2n) is 3.66. The molecule has 0 aromatic carbocycles. The summed E-state index contributed by atoms with van der Waals surface area (Å²) in [6, 6.07) is 0.199. The van der Waals surface area contributed by atoms with Gasteiger partial charge in [0.05, 0.1) is 6.61 Å². The maximum absolute atomic E-state index is 5.21. The highest BCUT2D eigenvalue weighted by atomic mass is 16.5. The first-order chi connectivity index (χ1) is 8.30. The van der Waals surface area contributed by atoms with Crippen molar-refractivity contribution in [1.82, 2.24) is 15.5 Å². The summed E-state index contributed by atoms with van der Waals surface area (Å²) in [7, 11) is 1.68. The van der Waals surface area contributed by atoms with Crippen molar-refractivity contribution in [3.63, 3.8) is 0 Å². The average molecular weight is 243 g/mol. The van der Waals surface area contributed by atoms with Gasteiger partial charge in [-0.2, -0.15) is 4.98 Å². The fourth-order valence-electron chi connectivity index (χ4n) is 1.52. The van der Waals surface area contributed by atoms with Crippen molar-refractivity contribution in [2.45, 2.75) is 32.9 Å². The van der Waals surface area contributed by atoms with Crippen LogP contribution in [0.5, 0.6) is 0 Å². The van der Waals surface area contributed by atoms with Gasteiger partial charge >= 0.3 is 0 Å². The third kappa shape index (κ3) is 5.25. The van der Waals surface area contributed by atoms with Crippen LogP contribution in [0, 0.1) is 0 Å². The lowest BCUT2D eigenvalue weighted by molar-refractivity contribution is 0.126. The lowest BCUT2D eigenvalue weighted by Gasteiger charge is -2.14. The summed E-state index contributed by atoms with van der Waals surface area (Å²) in [5, 5.41) is 7.15. The second-order valence-corrected chi connectivity index (χ2v) is 3.66. The molecule has 1 N–H and O–H groups in total. The minimum Gasteiger partial charge on any atom is -0.383 e. The van der Waals surface area contributed by atoms with Crippen molar-refractivity contribution in [2.24, 2.45) is 0 Å². The van der Waals surface area contributed by atoms with E-state index in [1.807, 2.05) is 6.92 Å². The van der Waals surface area contributed by atoms with E-state index in [-0.39, 0.29) is 6.04 Å². The summed E-state index contributed by atoms with van der Waals surface area (Å²) < 4.78 is 15.5. The van der Waals surface area contributed by atoms with Crippen molar-refractivity contribution in [2.75, 3.05) is 26.9 Å². The van der Waals surface area contributed by atoms with E-state index in [9.17, 15) is 0 Å². The number of methoxy groups -OCH3 is 1. The first-order valence-corrected chi connectivity index (χ1v) is 5.91. The molecular weight excluding hydrogens is 222 g/mol. The van der Waals surface area contributed by atoms with Crippen LogP contribution >= 0.6 is 0 Å². The molecule has 17 heavy (non-hydrogen) atoms. The first-order valence-electron chi connectivity index (χ1n) is 5.91. The molecule has 0 spiro atoms. The first kappa shape index (κ1) is 14.1. The van der Waals surface area contributed by atoms with E-state index in [0.717, 1.165) is 6.54 Å². The minimum atomic E-state index is 0.199. The molecule has 0 amide bonds. The zero-order valence-electron chi connectivity index (χ0n) is 10.7. The van der Waals surface area contributed by atoms with Gasteiger partial charge in [-0.15, -0.1) is 0 Å². The zero-order valence-corrected chi connectivity index (χ0v) is 10.7. The molecule has 1 rings (SSSR count). The third-order valence-electron chi connectivity index (χ3n) is 2.23. The summed E-state index contributed by atoms with van der Waals surface area (Å²) in [4.78, 5) is 4.25. The Morgan fingerprint density at radius 3 is 2.88 bits per heavy atom. The molecule has 0 aliphatic heterocycles. The van der Waals surface area contributed by atoms with Crippen LogP contribution in [-0.4, -0.2) is 43.1 Å². The van der Waals surface area contributed by atoms with E-state index >= 15 is 0 Å². The van der Waals surface area contributed by atoms with Crippen molar-refractivity contribution < 1.29 is 14.0 Å². The largest absolute Gasteiger partial charge is 0.383 e. The van der Waals surface area contributed by atoms with Crippen LogP contribution in [0.2, 0.25) is 0 Å². The Hall–Kier alpha value is -0.980. The second kappa shape index (κ2) is 8.16. The number of hydrogen-bond acceptors (Lipinski definition) is 6. The van der Waals surface area contributed by atoms with Gasteiger partial charge < -0.3 is 19.3 Å². The van der Waals surface area contributed by atoms with Crippen LogP contribution in [0.1, 0.15) is 25.6 Å². The lowest BCUT2D eigenvalue weighted by atomic mass is 10.2. The van der Waals surface area contributed by atoms with E-state index in [1.165, 1.54) is 0 Å². The molecule has 0 saturated heterocycles. The van der Waals surface area contributed by atoms with Gasteiger partial charge in [0, 0.05) is 26.2 Å². The topological polar surface area (TPSA) is 69.4 Å². The molecule has 1 aromatic heterocycles. The Labute approximate surface area is 102 Å². The molecule has 98 valence electrons. The van der Waals surface area contributed by atoms with Crippen LogP contribution in [0.4, 0.5) is 0 Å². The van der Waals surface area contributed by atoms with Gasteiger partial charge in [-0.3, -0.25) is 0 Å². The molecule has 0 radical (unpaired) electrons. The van der Waals surface area contributed by atoms with Crippen molar-refractivity contribution >= 4 is 0 Å². The predicted octanol–water partition coefficient (Wildman–Crippen LogP) is 0.773. The van der Waals surface area contributed by atoms with Gasteiger partial charge in [0.1, 0.15) is 6.61 Å². The van der Waals surface area contributed by atoms with Gasteiger partial charge in [0.2, 0.25) is 5.89 Å².